The van der Waals surface area contributed by atoms with E-state index in [-0.39, 0.29) is 5.82 Å². The lowest BCUT2D eigenvalue weighted by Gasteiger charge is -1.99. The van der Waals surface area contributed by atoms with E-state index in [0.717, 1.165) is 16.7 Å². The number of benzene rings is 1. The highest BCUT2D eigenvalue weighted by Gasteiger charge is 1.94. The Kier molecular flexibility index (Phi) is 3.41. The molecule has 0 saturated heterocycles. The molecule has 0 heterocycles. The molecule has 1 aromatic rings. The van der Waals surface area contributed by atoms with E-state index < -0.39 is 0 Å². The first kappa shape index (κ1) is 10.5. The van der Waals surface area contributed by atoms with E-state index in [4.69, 9.17) is 0 Å². The molecule has 0 bridgehead atoms. The van der Waals surface area contributed by atoms with Gasteiger partial charge in [-0.3, -0.25) is 0 Å². The quantitative estimate of drug-likeness (QED) is 0.629. The summed E-state index contributed by atoms with van der Waals surface area (Å²) in [5.74, 6) is -0.231. The lowest BCUT2D eigenvalue weighted by molar-refractivity contribution is 0.627. The number of hydrogen-bond donors (Lipinski definition) is 0. The van der Waals surface area contributed by atoms with Crippen LogP contribution in [0.15, 0.2) is 55.1 Å². The lowest BCUT2D eigenvalue weighted by Crippen LogP contribution is -1.80. The SMILES string of the molecule is C=C(C)/C=C\C(=C)c1ccc(F)cc1. The summed E-state index contributed by atoms with van der Waals surface area (Å²) < 4.78 is 12.6. The number of allylic oxidation sites excluding steroid dienone is 4. The van der Waals surface area contributed by atoms with Crippen LogP contribution in [0.25, 0.3) is 5.57 Å². The van der Waals surface area contributed by atoms with Crippen LogP contribution < -0.4 is 0 Å². The normalized spacial score (nSPS) is 10.4. The molecule has 14 heavy (non-hydrogen) atoms. The first-order valence-corrected chi connectivity index (χ1v) is 4.38. The van der Waals surface area contributed by atoms with Gasteiger partial charge in [-0.25, -0.2) is 4.39 Å². The second-order valence-electron chi connectivity index (χ2n) is 3.21. The molecule has 0 unspecified atom stereocenters. The van der Waals surface area contributed by atoms with Gasteiger partial charge in [-0.2, -0.15) is 0 Å². The van der Waals surface area contributed by atoms with Crippen molar-refractivity contribution in [1.29, 1.82) is 0 Å². The van der Waals surface area contributed by atoms with E-state index in [1.54, 1.807) is 12.1 Å². The van der Waals surface area contributed by atoms with Crippen molar-refractivity contribution in [3.05, 3.63) is 66.5 Å². The van der Waals surface area contributed by atoms with Crippen molar-refractivity contribution in [2.75, 3.05) is 0 Å². The Morgan fingerprint density at radius 3 is 2.21 bits per heavy atom. The molecule has 0 aromatic heterocycles. The van der Waals surface area contributed by atoms with Gasteiger partial charge in [0.25, 0.3) is 0 Å². The molecule has 0 N–H and O–H groups in total. The zero-order valence-electron chi connectivity index (χ0n) is 8.26. The third-order valence-electron chi connectivity index (χ3n) is 1.78. The molecule has 0 aliphatic carbocycles. The van der Waals surface area contributed by atoms with Crippen molar-refractivity contribution in [1.82, 2.24) is 0 Å². The Hall–Kier alpha value is -1.63. The third kappa shape index (κ3) is 3.02. The Balaban J connectivity index is 2.80. The van der Waals surface area contributed by atoms with Gasteiger partial charge in [0.05, 0.1) is 0 Å². The second-order valence-corrected chi connectivity index (χ2v) is 3.21. The molecule has 0 amide bonds. The predicted molar refractivity (Wildman–Crippen MR) is 59.4 cm³/mol. The van der Waals surface area contributed by atoms with Crippen molar-refractivity contribution in [2.45, 2.75) is 6.92 Å². The Morgan fingerprint density at radius 2 is 1.71 bits per heavy atom. The Morgan fingerprint density at radius 1 is 1.14 bits per heavy atom. The Bertz CT molecular complexity index is 369. The zero-order valence-corrected chi connectivity index (χ0v) is 8.26. The minimum absolute atomic E-state index is 0.231. The van der Waals surface area contributed by atoms with Gasteiger partial charge >= 0.3 is 0 Å². The van der Waals surface area contributed by atoms with Crippen molar-refractivity contribution in [3.63, 3.8) is 0 Å². The molecule has 0 spiro atoms. The van der Waals surface area contributed by atoms with Crippen LogP contribution in [0.3, 0.4) is 0 Å². The molecule has 0 atom stereocenters. The van der Waals surface area contributed by atoms with E-state index in [2.05, 4.69) is 13.2 Å². The molecule has 0 aliphatic rings. The average molecular weight is 188 g/mol. The van der Waals surface area contributed by atoms with Gasteiger partial charge in [0.15, 0.2) is 0 Å². The highest BCUT2D eigenvalue weighted by Crippen LogP contribution is 2.14. The minimum Gasteiger partial charge on any atom is -0.207 e. The summed E-state index contributed by atoms with van der Waals surface area (Å²) >= 11 is 0. The van der Waals surface area contributed by atoms with Crippen molar-refractivity contribution >= 4 is 5.57 Å². The number of hydrogen-bond acceptors (Lipinski definition) is 0. The first-order valence-electron chi connectivity index (χ1n) is 4.38. The van der Waals surface area contributed by atoms with Crippen LogP contribution in [0.2, 0.25) is 0 Å². The molecule has 1 rings (SSSR count). The fourth-order valence-corrected chi connectivity index (χ4v) is 1.00. The van der Waals surface area contributed by atoms with E-state index in [1.807, 2.05) is 19.1 Å². The van der Waals surface area contributed by atoms with Crippen LogP contribution in [0.1, 0.15) is 12.5 Å². The van der Waals surface area contributed by atoms with Crippen LogP contribution in [0, 0.1) is 5.82 Å². The van der Waals surface area contributed by atoms with E-state index >= 15 is 0 Å². The minimum atomic E-state index is -0.231. The maximum Gasteiger partial charge on any atom is 0.123 e. The van der Waals surface area contributed by atoms with E-state index in [9.17, 15) is 4.39 Å². The van der Waals surface area contributed by atoms with Gasteiger partial charge in [-0.05, 0) is 30.2 Å². The molecule has 0 nitrogen and oxygen atoms in total. The summed E-state index contributed by atoms with van der Waals surface area (Å²) in [6.45, 7) is 9.53. The third-order valence-corrected chi connectivity index (χ3v) is 1.78. The van der Waals surface area contributed by atoms with Gasteiger partial charge in [-0.1, -0.05) is 43.0 Å². The van der Waals surface area contributed by atoms with E-state index in [1.165, 1.54) is 12.1 Å². The molecule has 1 heteroatoms. The van der Waals surface area contributed by atoms with Gasteiger partial charge in [0, 0.05) is 0 Å². The molecule has 0 radical (unpaired) electrons. The summed E-state index contributed by atoms with van der Waals surface area (Å²) in [6.07, 6.45) is 3.75. The highest BCUT2D eigenvalue weighted by molar-refractivity contribution is 5.72. The summed E-state index contributed by atoms with van der Waals surface area (Å²) in [5.41, 5.74) is 2.74. The lowest BCUT2D eigenvalue weighted by atomic mass is 10.1. The van der Waals surface area contributed by atoms with Crippen LogP contribution in [-0.2, 0) is 0 Å². The fourth-order valence-electron chi connectivity index (χ4n) is 1.00. The number of rotatable bonds is 3. The van der Waals surface area contributed by atoms with Crippen LogP contribution in [-0.4, -0.2) is 0 Å². The van der Waals surface area contributed by atoms with Crippen molar-refractivity contribution in [2.24, 2.45) is 0 Å². The fraction of sp³-hybridized carbons (Fsp3) is 0.0769. The van der Waals surface area contributed by atoms with Crippen molar-refractivity contribution in [3.8, 4) is 0 Å². The topological polar surface area (TPSA) is 0 Å². The second kappa shape index (κ2) is 4.56. The van der Waals surface area contributed by atoms with Gasteiger partial charge < -0.3 is 0 Å². The molecular formula is C13H13F. The molecule has 0 saturated carbocycles. The maximum atomic E-state index is 12.6. The standard InChI is InChI=1S/C13H13F/c1-10(2)4-5-11(3)12-6-8-13(14)9-7-12/h4-9H,1,3H2,2H3/b5-4-. The van der Waals surface area contributed by atoms with Crippen molar-refractivity contribution < 1.29 is 4.39 Å². The first-order chi connectivity index (χ1) is 6.59. The van der Waals surface area contributed by atoms with Crippen LogP contribution in [0.5, 0.6) is 0 Å². The summed E-state index contributed by atoms with van der Waals surface area (Å²) in [4.78, 5) is 0. The molecule has 0 fully saturated rings. The van der Waals surface area contributed by atoms with Gasteiger partial charge in [0.1, 0.15) is 5.82 Å². The maximum absolute atomic E-state index is 12.6. The Labute approximate surface area is 84.1 Å². The average Bonchev–Trinajstić information content (AvgIpc) is 2.15. The van der Waals surface area contributed by atoms with E-state index in [0.29, 0.717) is 0 Å². The monoisotopic (exact) mass is 188 g/mol. The smallest absolute Gasteiger partial charge is 0.123 e. The van der Waals surface area contributed by atoms with Gasteiger partial charge in [0.2, 0.25) is 0 Å². The highest BCUT2D eigenvalue weighted by atomic mass is 19.1. The summed E-state index contributed by atoms with van der Waals surface area (Å²) in [6, 6.07) is 6.27. The predicted octanol–water partition coefficient (Wildman–Crippen LogP) is 3.97. The van der Waals surface area contributed by atoms with Crippen LogP contribution in [0.4, 0.5) is 4.39 Å². The molecule has 1 aromatic carbocycles. The molecule has 72 valence electrons. The zero-order chi connectivity index (χ0) is 10.6. The largest absolute Gasteiger partial charge is 0.207 e. The van der Waals surface area contributed by atoms with Gasteiger partial charge in [-0.15, -0.1) is 0 Å². The molecule has 0 aliphatic heterocycles. The summed E-state index contributed by atoms with van der Waals surface area (Å²) in [7, 11) is 0. The van der Waals surface area contributed by atoms with Crippen LogP contribution >= 0.6 is 0 Å². The summed E-state index contributed by atoms with van der Waals surface area (Å²) in [5, 5.41) is 0. The molecular weight excluding hydrogens is 175 g/mol. The number of halogens is 1.